The molecule has 1 fully saturated rings. The number of amides is 1. The van der Waals surface area contributed by atoms with Gasteiger partial charge in [0.05, 0.1) is 13.2 Å². The molecule has 142 valence electrons. The summed E-state index contributed by atoms with van der Waals surface area (Å²) in [5.41, 5.74) is -0.440. The molecule has 1 aliphatic heterocycles. The predicted octanol–water partition coefficient (Wildman–Crippen LogP) is -0.305. The lowest BCUT2D eigenvalue weighted by atomic mass is 10.2. The number of benzene rings is 1. The van der Waals surface area contributed by atoms with Crippen LogP contribution < -0.4 is 21.5 Å². The number of aromatic amines is 2. The Hall–Kier alpha value is -3.40. The Morgan fingerprint density at radius 1 is 1.15 bits per heavy atom. The number of hydrogen-bond acceptors (Lipinski definition) is 7. The fourth-order valence-electron chi connectivity index (χ4n) is 2.54. The molecule has 1 saturated heterocycles. The Balaban J connectivity index is 1.52. The summed E-state index contributed by atoms with van der Waals surface area (Å²) in [6.07, 6.45) is 0.936. The first-order chi connectivity index (χ1) is 13.0. The van der Waals surface area contributed by atoms with Crippen molar-refractivity contribution in [2.45, 2.75) is 0 Å². The summed E-state index contributed by atoms with van der Waals surface area (Å²) in [6.45, 7) is 2.42. The van der Waals surface area contributed by atoms with E-state index in [2.05, 4.69) is 15.2 Å². The summed E-state index contributed by atoms with van der Waals surface area (Å²) < 4.78 is 10.1. The summed E-state index contributed by atoms with van der Waals surface area (Å²) in [5.74, 6) is -1.56. The van der Waals surface area contributed by atoms with E-state index in [1.807, 2.05) is 17.1 Å². The fourth-order valence-corrected chi connectivity index (χ4v) is 2.54. The van der Waals surface area contributed by atoms with E-state index in [4.69, 9.17) is 9.47 Å². The summed E-state index contributed by atoms with van der Waals surface area (Å²) in [4.78, 5) is 52.4. The van der Waals surface area contributed by atoms with Crippen molar-refractivity contribution in [1.29, 1.82) is 0 Å². The van der Waals surface area contributed by atoms with Crippen molar-refractivity contribution in [1.82, 2.24) is 9.97 Å². The maximum Gasteiger partial charge on any atom is 0.345 e. The number of nitrogens with one attached hydrogen (secondary N) is 3. The molecule has 0 radical (unpaired) electrons. The molecule has 27 heavy (non-hydrogen) atoms. The lowest BCUT2D eigenvalue weighted by Gasteiger charge is -2.28. The Morgan fingerprint density at radius 2 is 1.85 bits per heavy atom. The predicted molar refractivity (Wildman–Crippen MR) is 96.1 cm³/mol. The minimum Gasteiger partial charge on any atom is -0.452 e. The molecule has 0 saturated carbocycles. The molecule has 0 unspecified atom stereocenters. The number of morpholine rings is 1. The number of ether oxygens (including phenoxy) is 2. The Labute approximate surface area is 153 Å². The zero-order chi connectivity index (χ0) is 19.2. The van der Waals surface area contributed by atoms with E-state index in [0.29, 0.717) is 18.9 Å². The van der Waals surface area contributed by atoms with Crippen LogP contribution in [0.2, 0.25) is 0 Å². The molecule has 1 aromatic heterocycles. The third-order valence-electron chi connectivity index (χ3n) is 3.90. The smallest absolute Gasteiger partial charge is 0.345 e. The molecule has 3 rings (SSSR count). The van der Waals surface area contributed by atoms with E-state index in [1.54, 1.807) is 12.1 Å². The van der Waals surface area contributed by atoms with Crippen LogP contribution in [0.3, 0.4) is 0 Å². The zero-order valence-electron chi connectivity index (χ0n) is 14.3. The lowest BCUT2D eigenvalue weighted by molar-refractivity contribution is -0.119. The van der Waals surface area contributed by atoms with Crippen LogP contribution in [0, 0.1) is 0 Å². The van der Waals surface area contributed by atoms with Crippen molar-refractivity contribution in [3.05, 3.63) is 56.9 Å². The summed E-state index contributed by atoms with van der Waals surface area (Å²) in [6, 6.07) is 7.26. The molecule has 1 aliphatic rings. The minimum absolute atomic E-state index is 0.391. The van der Waals surface area contributed by atoms with Gasteiger partial charge in [-0.25, -0.2) is 9.59 Å². The fraction of sp³-hybridized carbons (Fsp3) is 0.294. The summed E-state index contributed by atoms with van der Waals surface area (Å²) in [7, 11) is 0. The second-order valence-electron chi connectivity index (χ2n) is 5.76. The molecule has 0 spiro atoms. The van der Waals surface area contributed by atoms with Gasteiger partial charge in [0, 0.05) is 30.7 Å². The number of carbonyl (C=O) groups excluding carboxylic acids is 2. The summed E-state index contributed by atoms with van der Waals surface area (Å²) in [5, 5.41) is 2.60. The molecule has 0 bridgehead atoms. The van der Waals surface area contributed by atoms with Gasteiger partial charge in [0.1, 0.15) is 5.56 Å². The van der Waals surface area contributed by atoms with Crippen molar-refractivity contribution in [2.75, 3.05) is 43.1 Å². The van der Waals surface area contributed by atoms with Crippen LogP contribution in [-0.2, 0) is 14.3 Å². The van der Waals surface area contributed by atoms with Gasteiger partial charge in [0.25, 0.3) is 11.5 Å². The molecule has 1 amide bonds. The molecule has 3 N–H and O–H groups in total. The number of H-pyrrole nitrogens is 2. The third kappa shape index (κ3) is 4.82. The van der Waals surface area contributed by atoms with Crippen molar-refractivity contribution < 1.29 is 19.1 Å². The maximum absolute atomic E-state index is 11.9. The first kappa shape index (κ1) is 18.4. The molecular formula is C17H18N4O6. The second kappa shape index (κ2) is 8.32. The number of carbonyl (C=O) groups is 2. The molecule has 10 heteroatoms. The van der Waals surface area contributed by atoms with E-state index < -0.39 is 35.3 Å². The van der Waals surface area contributed by atoms with Gasteiger partial charge < -0.3 is 24.7 Å². The first-order valence-corrected chi connectivity index (χ1v) is 8.24. The normalized spacial score (nSPS) is 13.9. The number of anilines is 2. The van der Waals surface area contributed by atoms with E-state index in [1.165, 1.54) is 0 Å². The van der Waals surface area contributed by atoms with Gasteiger partial charge >= 0.3 is 11.7 Å². The highest BCUT2D eigenvalue weighted by atomic mass is 16.5. The van der Waals surface area contributed by atoms with Crippen LogP contribution in [0.5, 0.6) is 0 Å². The molecule has 2 heterocycles. The molecular weight excluding hydrogens is 356 g/mol. The highest BCUT2D eigenvalue weighted by Gasteiger charge is 2.15. The topological polar surface area (TPSA) is 134 Å². The lowest BCUT2D eigenvalue weighted by Crippen LogP contribution is -2.36. The van der Waals surface area contributed by atoms with Gasteiger partial charge in [0.15, 0.2) is 6.61 Å². The van der Waals surface area contributed by atoms with Crippen molar-refractivity contribution in [3.8, 4) is 0 Å². The van der Waals surface area contributed by atoms with Gasteiger partial charge in [-0.1, -0.05) is 0 Å². The molecule has 1 aromatic carbocycles. The molecule has 10 nitrogen and oxygen atoms in total. The standard InChI is InChI=1S/C17H18N4O6/c22-14(10-27-16(24)13-9-18-17(25)20-15(13)23)19-11-1-3-12(4-2-11)21-5-7-26-8-6-21/h1-4,9H,5-8,10H2,(H,19,22)(H2,18,20,23,25). The van der Waals surface area contributed by atoms with E-state index in [9.17, 15) is 19.2 Å². The van der Waals surface area contributed by atoms with Crippen LogP contribution in [0.15, 0.2) is 40.1 Å². The first-order valence-electron chi connectivity index (χ1n) is 8.24. The van der Waals surface area contributed by atoms with Crippen molar-refractivity contribution >= 4 is 23.3 Å². The van der Waals surface area contributed by atoms with E-state index >= 15 is 0 Å². The number of nitrogens with zero attached hydrogens (tertiary/aromatic N) is 1. The van der Waals surface area contributed by atoms with Gasteiger partial charge in [-0.2, -0.15) is 0 Å². The van der Waals surface area contributed by atoms with Crippen molar-refractivity contribution in [3.63, 3.8) is 0 Å². The van der Waals surface area contributed by atoms with E-state index in [0.717, 1.165) is 25.0 Å². The van der Waals surface area contributed by atoms with Crippen LogP contribution in [0.4, 0.5) is 11.4 Å². The van der Waals surface area contributed by atoms with Crippen LogP contribution in [0.25, 0.3) is 0 Å². The molecule has 0 atom stereocenters. The highest BCUT2D eigenvalue weighted by Crippen LogP contribution is 2.18. The largest absolute Gasteiger partial charge is 0.452 e. The number of hydrogen-bond donors (Lipinski definition) is 3. The van der Waals surface area contributed by atoms with E-state index in [-0.39, 0.29) is 0 Å². The minimum atomic E-state index is -1.01. The Kier molecular flexibility index (Phi) is 5.67. The van der Waals surface area contributed by atoms with Crippen LogP contribution in [-0.4, -0.2) is 54.8 Å². The average molecular weight is 374 g/mol. The molecule has 0 aliphatic carbocycles. The summed E-state index contributed by atoms with van der Waals surface area (Å²) >= 11 is 0. The quantitative estimate of drug-likeness (QED) is 0.612. The average Bonchev–Trinajstić information content (AvgIpc) is 2.67. The van der Waals surface area contributed by atoms with Crippen LogP contribution in [0.1, 0.15) is 10.4 Å². The van der Waals surface area contributed by atoms with Gasteiger partial charge in [-0.05, 0) is 24.3 Å². The third-order valence-corrected chi connectivity index (χ3v) is 3.90. The second-order valence-corrected chi connectivity index (χ2v) is 5.76. The number of rotatable bonds is 5. The zero-order valence-corrected chi connectivity index (χ0v) is 14.3. The Bertz CT molecular complexity index is 927. The number of aromatic nitrogens is 2. The van der Waals surface area contributed by atoms with Gasteiger partial charge in [0.2, 0.25) is 0 Å². The monoisotopic (exact) mass is 374 g/mol. The number of esters is 1. The Morgan fingerprint density at radius 3 is 2.52 bits per heavy atom. The SMILES string of the molecule is O=C(COC(=O)c1c[nH]c(=O)[nH]c1=O)Nc1ccc(N2CCOCC2)cc1. The van der Waals surface area contributed by atoms with Crippen LogP contribution >= 0.6 is 0 Å². The van der Waals surface area contributed by atoms with Gasteiger partial charge in [-0.15, -0.1) is 0 Å². The van der Waals surface area contributed by atoms with Crippen molar-refractivity contribution in [2.24, 2.45) is 0 Å². The maximum atomic E-state index is 11.9. The van der Waals surface area contributed by atoms with Gasteiger partial charge in [-0.3, -0.25) is 14.6 Å². The molecule has 2 aromatic rings. The highest BCUT2D eigenvalue weighted by molar-refractivity contribution is 5.95.